The summed E-state index contributed by atoms with van der Waals surface area (Å²) >= 11 is 0. The van der Waals surface area contributed by atoms with Crippen molar-refractivity contribution < 1.29 is 18.5 Å². The van der Waals surface area contributed by atoms with Gasteiger partial charge in [-0.2, -0.15) is 0 Å². The van der Waals surface area contributed by atoms with Crippen LogP contribution in [-0.2, 0) is 15.6 Å². The zero-order valence-corrected chi connectivity index (χ0v) is 17.4. The number of oxime groups is 1. The van der Waals surface area contributed by atoms with E-state index in [2.05, 4.69) is 9.99 Å². The predicted octanol–water partition coefficient (Wildman–Crippen LogP) is 4.19. The molecule has 1 aromatic rings. The Hall–Kier alpha value is -1.82. The number of hydrogen-bond donors (Lipinski definition) is 0. The highest BCUT2D eigenvalue weighted by Gasteiger charge is 2.08. The van der Waals surface area contributed by atoms with Crippen molar-refractivity contribution in [3.8, 4) is 11.5 Å². The van der Waals surface area contributed by atoms with Crippen LogP contribution in [0, 0.1) is 13.8 Å². The molecule has 0 fully saturated rings. The first-order chi connectivity index (χ1) is 12.5. The molecule has 0 radical (unpaired) electrons. The number of ether oxygens (including phenoxy) is 2. The molecule has 1 aromatic carbocycles. The van der Waals surface area contributed by atoms with Gasteiger partial charge >= 0.3 is 0 Å². The predicted molar refractivity (Wildman–Crippen MR) is 109 cm³/mol. The van der Waals surface area contributed by atoms with E-state index in [0.717, 1.165) is 41.2 Å². The third kappa shape index (κ3) is 8.52. The Morgan fingerprint density at radius 2 is 1.88 bits per heavy atom. The summed E-state index contributed by atoms with van der Waals surface area (Å²) in [7, 11) is 0.591. The zero-order valence-electron chi connectivity index (χ0n) is 16.5. The maximum absolute atomic E-state index is 11.9. The van der Waals surface area contributed by atoms with Crippen molar-refractivity contribution in [2.24, 2.45) is 5.16 Å². The highest BCUT2D eigenvalue weighted by atomic mass is 32.2. The standard InChI is InChI=1S/C20H31NO4S/c1-6-7-10-24-19-13-16(2)20(17(3)14-19)25-11-8-9-12-26(22)15-18(4)21-23-5/h6-7,13-14H,8-12,15H2,1-5H3/b7-6+,21-18+. The van der Waals surface area contributed by atoms with Crippen molar-refractivity contribution >= 4 is 16.5 Å². The molecule has 26 heavy (non-hydrogen) atoms. The fraction of sp³-hybridized carbons (Fsp3) is 0.550. The zero-order chi connectivity index (χ0) is 19.4. The number of unbranched alkanes of at least 4 members (excludes halogenated alkanes) is 1. The quantitative estimate of drug-likeness (QED) is 0.236. The molecular weight excluding hydrogens is 350 g/mol. The first-order valence-corrected chi connectivity index (χ1v) is 10.4. The molecule has 0 saturated heterocycles. The molecule has 0 amide bonds. The molecule has 0 aliphatic rings. The highest BCUT2D eigenvalue weighted by molar-refractivity contribution is 7.85. The van der Waals surface area contributed by atoms with E-state index in [4.69, 9.17) is 9.47 Å². The Kier molecular flexibility index (Phi) is 10.7. The van der Waals surface area contributed by atoms with Crippen LogP contribution in [0.2, 0.25) is 0 Å². The van der Waals surface area contributed by atoms with Crippen LogP contribution in [0.1, 0.15) is 37.8 Å². The van der Waals surface area contributed by atoms with E-state index in [9.17, 15) is 4.21 Å². The number of aryl methyl sites for hydroxylation is 2. The summed E-state index contributed by atoms with van der Waals surface area (Å²) < 4.78 is 23.6. The largest absolute Gasteiger partial charge is 0.493 e. The third-order valence-corrected chi connectivity index (χ3v) is 5.13. The molecule has 1 rings (SSSR count). The second-order valence-electron chi connectivity index (χ2n) is 6.12. The van der Waals surface area contributed by atoms with Crippen molar-refractivity contribution in [1.82, 2.24) is 0 Å². The van der Waals surface area contributed by atoms with E-state index >= 15 is 0 Å². The lowest BCUT2D eigenvalue weighted by Crippen LogP contribution is -2.11. The summed E-state index contributed by atoms with van der Waals surface area (Å²) in [6, 6.07) is 4.00. The average Bonchev–Trinajstić information content (AvgIpc) is 2.57. The molecule has 0 aliphatic heterocycles. The SMILES string of the molecule is C/C=C/COc1cc(C)c(OCCCCS(=O)C/C(C)=N/OC)c(C)c1. The number of rotatable bonds is 12. The smallest absolute Gasteiger partial charge is 0.125 e. The molecule has 5 nitrogen and oxygen atoms in total. The minimum absolute atomic E-state index is 0.460. The Bertz CT molecular complexity index is 618. The summed E-state index contributed by atoms with van der Waals surface area (Å²) in [6.07, 6.45) is 5.66. The van der Waals surface area contributed by atoms with Crippen LogP contribution in [0.25, 0.3) is 0 Å². The fourth-order valence-corrected chi connectivity index (χ4v) is 3.68. The lowest BCUT2D eigenvalue weighted by atomic mass is 10.1. The van der Waals surface area contributed by atoms with Crippen LogP contribution < -0.4 is 9.47 Å². The minimum atomic E-state index is -0.904. The monoisotopic (exact) mass is 381 g/mol. The first-order valence-electron chi connectivity index (χ1n) is 8.87. The van der Waals surface area contributed by atoms with Gasteiger partial charge in [-0.25, -0.2) is 0 Å². The van der Waals surface area contributed by atoms with Gasteiger partial charge in [0, 0.05) is 16.6 Å². The molecule has 146 valence electrons. The number of benzene rings is 1. The maximum Gasteiger partial charge on any atom is 0.125 e. The summed E-state index contributed by atoms with van der Waals surface area (Å²) in [5.41, 5.74) is 2.89. The van der Waals surface area contributed by atoms with E-state index in [1.807, 2.05) is 52.0 Å². The second-order valence-corrected chi connectivity index (χ2v) is 7.70. The fourth-order valence-electron chi connectivity index (χ4n) is 2.49. The van der Waals surface area contributed by atoms with Gasteiger partial charge in [0.1, 0.15) is 25.2 Å². The van der Waals surface area contributed by atoms with Crippen molar-refractivity contribution in [3.63, 3.8) is 0 Å². The molecule has 0 saturated carbocycles. The molecule has 0 aromatic heterocycles. The molecule has 0 heterocycles. The van der Waals surface area contributed by atoms with Gasteiger partial charge in [0.05, 0.1) is 18.1 Å². The van der Waals surface area contributed by atoms with Crippen LogP contribution >= 0.6 is 0 Å². The Morgan fingerprint density at radius 3 is 2.50 bits per heavy atom. The molecule has 0 aliphatic carbocycles. The van der Waals surface area contributed by atoms with Crippen molar-refractivity contribution in [2.45, 2.75) is 40.5 Å². The van der Waals surface area contributed by atoms with Gasteiger partial charge < -0.3 is 14.3 Å². The van der Waals surface area contributed by atoms with E-state index in [1.165, 1.54) is 7.11 Å². The number of nitrogens with zero attached hydrogens (tertiary/aromatic N) is 1. The van der Waals surface area contributed by atoms with Crippen molar-refractivity contribution in [1.29, 1.82) is 0 Å². The van der Waals surface area contributed by atoms with E-state index in [-0.39, 0.29) is 0 Å². The Balaban J connectivity index is 2.39. The molecular formula is C20H31NO4S. The molecule has 0 N–H and O–H groups in total. The van der Waals surface area contributed by atoms with Crippen molar-refractivity contribution in [2.75, 3.05) is 31.8 Å². The van der Waals surface area contributed by atoms with E-state index in [0.29, 0.717) is 24.7 Å². The first kappa shape index (κ1) is 22.2. The Morgan fingerprint density at radius 1 is 1.19 bits per heavy atom. The van der Waals surface area contributed by atoms with E-state index in [1.54, 1.807) is 0 Å². The molecule has 1 unspecified atom stereocenters. The summed E-state index contributed by atoms with van der Waals surface area (Å²) in [6.45, 7) is 9.03. The number of hydrogen-bond acceptors (Lipinski definition) is 5. The lowest BCUT2D eigenvalue weighted by Gasteiger charge is -2.14. The normalized spacial score (nSPS) is 13.0. The third-order valence-electron chi connectivity index (χ3n) is 3.65. The van der Waals surface area contributed by atoms with Crippen molar-refractivity contribution in [3.05, 3.63) is 35.4 Å². The molecule has 6 heteroatoms. The molecule has 1 atom stereocenters. The summed E-state index contributed by atoms with van der Waals surface area (Å²) in [4.78, 5) is 4.68. The summed E-state index contributed by atoms with van der Waals surface area (Å²) in [5.74, 6) is 2.87. The molecule has 0 bridgehead atoms. The highest BCUT2D eigenvalue weighted by Crippen LogP contribution is 2.28. The van der Waals surface area contributed by atoms with Gasteiger partial charge in [-0.1, -0.05) is 17.3 Å². The Labute approximate surface area is 159 Å². The van der Waals surface area contributed by atoms with Crippen LogP contribution in [0.5, 0.6) is 11.5 Å². The summed E-state index contributed by atoms with van der Waals surface area (Å²) in [5, 5.41) is 3.78. The van der Waals surface area contributed by atoms with Crippen LogP contribution in [0.4, 0.5) is 0 Å². The maximum atomic E-state index is 11.9. The van der Waals surface area contributed by atoms with Crippen LogP contribution in [0.15, 0.2) is 29.4 Å². The van der Waals surface area contributed by atoms with Gasteiger partial charge in [-0.3, -0.25) is 4.21 Å². The average molecular weight is 382 g/mol. The van der Waals surface area contributed by atoms with Gasteiger partial charge in [-0.15, -0.1) is 0 Å². The minimum Gasteiger partial charge on any atom is -0.493 e. The second kappa shape index (κ2) is 12.5. The lowest BCUT2D eigenvalue weighted by molar-refractivity contribution is 0.213. The van der Waals surface area contributed by atoms with Gasteiger partial charge in [0.2, 0.25) is 0 Å². The molecule has 0 spiro atoms. The van der Waals surface area contributed by atoms with Gasteiger partial charge in [0.15, 0.2) is 0 Å². The van der Waals surface area contributed by atoms with Crippen LogP contribution in [0.3, 0.4) is 0 Å². The van der Waals surface area contributed by atoms with E-state index < -0.39 is 10.8 Å². The topological polar surface area (TPSA) is 57.1 Å². The van der Waals surface area contributed by atoms with Gasteiger partial charge in [-0.05, 0) is 63.8 Å². The van der Waals surface area contributed by atoms with Gasteiger partial charge in [0.25, 0.3) is 0 Å². The number of allylic oxidation sites excluding steroid dienone is 1. The van der Waals surface area contributed by atoms with Crippen LogP contribution in [-0.4, -0.2) is 41.7 Å².